The molecule has 5 heteroatoms. The van der Waals surface area contributed by atoms with Gasteiger partial charge in [0.05, 0.1) is 22.4 Å². The van der Waals surface area contributed by atoms with Gasteiger partial charge in [-0.3, -0.25) is 4.98 Å². The molecule has 67 heavy (non-hydrogen) atoms. The van der Waals surface area contributed by atoms with Crippen LogP contribution >= 0.6 is 0 Å². The van der Waals surface area contributed by atoms with Gasteiger partial charge in [-0.2, -0.15) is 0 Å². The van der Waals surface area contributed by atoms with E-state index >= 15 is 0 Å². The van der Waals surface area contributed by atoms with Crippen molar-refractivity contribution in [3.63, 3.8) is 0 Å². The summed E-state index contributed by atoms with van der Waals surface area (Å²) in [4.78, 5) is 9.48. The van der Waals surface area contributed by atoms with Gasteiger partial charge in [0.1, 0.15) is 5.58 Å². The van der Waals surface area contributed by atoms with Crippen LogP contribution in [0.4, 0.5) is 0 Å². The molecule has 0 bridgehead atoms. The molecule has 0 fully saturated rings. The minimum absolute atomic E-state index is 0. The molecule has 0 aliphatic heterocycles. The van der Waals surface area contributed by atoms with Crippen molar-refractivity contribution in [3.8, 4) is 50.6 Å². The quantitative estimate of drug-likeness (QED) is 0.142. The maximum atomic E-state index is 8.58. The summed E-state index contributed by atoms with van der Waals surface area (Å²) in [7, 11) is 0. The zero-order chi connectivity index (χ0) is 54.6. The van der Waals surface area contributed by atoms with Crippen LogP contribution in [-0.4, -0.2) is 14.5 Å². The molecule has 0 spiro atoms. The van der Waals surface area contributed by atoms with Crippen molar-refractivity contribution in [1.82, 2.24) is 14.5 Å². The van der Waals surface area contributed by atoms with Crippen molar-refractivity contribution in [2.24, 2.45) is 5.41 Å². The molecule has 4 nitrogen and oxygen atoms in total. The Morgan fingerprint density at radius 1 is 0.701 bits per heavy atom. The van der Waals surface area contributed by atoms with Gasteiger partial charge < -0.3 is 14.0 Å². The molecule has 7 aromatic carbocycles. The van der Waals surface area contributed by atoms with E-state index in [9.17, 15) is 0 Å². The van der Waals surface area contributed by atoms with E-state index < -0.39 is 32.4 Å². The number of benzene rings is 7. The van der Waals surface area contributed by atoms with Crippen LogP contribution in [0.15, 0.2) is 156 Å². The summed E-state index contributed by atoms with van der Waals surface area (Å²) < 4.78 is 88.4. The molecule has 0 N–H and O–H groups in total. The number of imidazole rings is 1. The predicted molar refractivity (Wildman–Crippen MR) is 278 cm³/mol. The smallest absolute Gasteiger partial charge is 0.120 e. The topological polar surface area (TPSA) is 43.9 Å². The van der Waals surface area contributed by atoms with Gasteiger partial charge in [0.25, 0.3) is 0 Å². The fraction of sp³-hybridized carbons (Fsp3) is 0.226. The Labute approximate surface area is 424 Å². The Morgan fingerprint density at radius 2 is 1.40 bits per heavy atom. The van der Waals surface area contributed by atoms with E-state index in [1.165, 1.54) is 52.7 Å². The first-order valence-electron chi connectivity index (χ1n) is 27.6. The molecule has 10 rings (SSSR count). The van der Waals surface area contributed by atoms with Crippen LogP contribution in [0, 0.1) is 38.1 Å². The third-order valence-electron chi connectivity index (χ3n) is 11.7. The van der Waals surface area contributed by atoms with Crippen LogP contribution in [0.5, 0.6) is 0 Å². The number of furan rings is 1. The average molecular weight is 1060 g/mol. The van der Waals surface area contributed by atoms with Crippen LogP contribution in [0.25, 0.3) is 83.6 Å². The Morgan fingerprint density at radius 3 is 2.06 bits per heavy atom. The summed E-state index contributed by atoms with van der Waals surface area (Å²) in [6.07, 6.45) is -0.648. The third-order valence-corrected chi connectivity index (χ3v) is 11.7. The Balaban J connectivity index is 0.000000239. The number of rotatable bonds is 8. The van der Waals surface area contributed by atoms with Gasteiger partial charge >= 0.3 is 0 Å². The second-order valence-electron chi connectivity index (χ2n) is 18.4. The monoisotopic (exact) mass is 1060 g/mol. The van der Waals surface area contributed by atoms with Crippen molar-refractivity contribution in [2.45, 2.75) is 87.3 Å². The fourth-order valence-corrected chi connectivity index (χ4v) is 8.56. The van der Waals surface area contributed by atoms with Gasteiger partial charge in [-0.05, 0) is 112 Å². The van der Waals surface area contributed by atoms with Gasteiger partial charge in [0, 0.05) is 51.1 Å². The maximum Gasteiger partial charge on any atom is 0.120 e. The van der Waals surface area contributed by atoms with Gasteiger partial charge in [-0.15, -0.1) is 53.6 Å². The van der Waals surface area contributed by atoms with Gasteiger partial charge in [-0.25, -0.2) is 0 Å². The molecule has 3 heterocycles. The average Bonchev–Trinajstić information content (AvgIpc) is 3.97. The minimum atomic E-state index is -2.52. The van der Waals surface area contributed by atoms with Crippen LogP contribution in [-0.2, 0) is 26.5 Å². The third kappa shape index (κ3) is 9.73. The first kappa shape index (κ1) is 35.8. The van der Waals surface area contributed by atoms with E-state index in [1.54, 1.807) is 20.8 Å². The largest absolute Gasteiger partial charge is 0.501 e. The second kappa shape index (κ2) is 19.4. The van der Waals surface area contributed by atoms with Gasteiger partial charge in [-0.1, -0.05) is 163 Å². The molecule has 3 aromatic heterocycles. The molecule has 1 radical (unpaired) electrons. The molecular formula is C62H59IrN3O-2. The van der Waals surface area contributed by atoms with Crippen LogP contribution in [0.3, 0.4) is 0 Å². The number of nitrogens with zero attached hydrogens (tertiary/aromatic N) is 3. The predicted octanol–water partition coefficient (Wildman–Crippen LogP) is 17.0. The summed E-state index contributed by atoms with van der Waals surface area (Å²) in [6.45, 7) is 8.06. The summed E-state index contributed by atoms with van der Waals surface area (Å²) in [5, 5.41) is 2.05. The molecule has 0 saturated carbocycles. The first-order chi connectivity index (χ1) is 35.8. The van der Waals surface area contributed by atoms with E-state index in [2.05, 4.69) is 116 Å². The zero-order valence-corrected chi connectivity index (χ0v) is 41.1. The van der Waals surface area contributed by atoms with E-state index in [-0.39, 0.29) is 48.6 Å². The number of para-hydroxylation sites is 2. The molecule has 0 amide bonds. The molecular weight excluding hydrogens is 995 g/mol. The second-order valence-corrected chi connectivity index (χ2v) is 18.4. The summed E-state index contributed by atoms with van der Waals surface area (Å²) in [6, 6.07) is 53.7. The zero-order valence-electron chi connectivity index (χ0n) is 48.7. The number of pyridine rings is 1. The van der Waals surface area contributed by atoms with Gasteiger partial charge in [0.15, 0.2) is 0 Å². The first-order valence-corrected chi connectivity index (χ1v) is 22.4. The van der Waals surface area contributed by atoms with E-state index in [4.69, 9.17) is 23.1 Å². The van der Waals surface area contributed by atoms with Gasteiger partial charge in [0.2, 0.25) is 0 Å². The number of hydrogen-bond donors (Lipinski definition) is 0. The Kier molecular flexibility index (Phi) is 10.4. The Hall–Kier alpha value is -6.39. The standard InChI is InChI=1S/C44H37N2O.C18H22N.Ir/c1-27(2)37-25-33(32-23-21-31(22-24-32)30-14-7-6-8-15-30)26-38(28(3)4)42(37)46-41-29(5)13-11-19-39(41)45-44(46)36-18-12-17-35-34-16-9-10-20-40(34)47-43(35)36;1-13-6-8-15(9-7-13)17-10-14(2)16(12-19-17)11-18(3,4)5;/h6-17,19-28H,1-5H3;6-8,10,12H,11H2,1-5H3;/q2*-1;/i5D2;1D3,2D3,11D2;. The molecule has 0 unspecified atom stereocenters. The van der Waals surface area contributed by atoms with Crippen molar-refractivity contribution < 1.29 is 38.2 Å². The van der Waals surface area contributed by atoms with Crippen molar-refractivity contribution in [1.29, 1.82) is 0 Å². The van der Waals surface area contributed by atoms with Crippen LogP contribution < -0.4 is 0 Å². The van der Waals surface area contributed by atoms with Crippen molar-refractivity contribution in [2.75, 3.05) is 0 Å². The SMILES string of the molecule is [2H]C([2H])([2H])c1c[c-]c(-c2cc(C([2H])([2H])[2H])c(C([2H])([2H])C(C)(C)C)cn2)cc1.[2H]C([2H])c1cccc2nc(-c3[c-]ccc4c3oc3ccccc34)n(-c3c(C(C)C)cc(-c4ccc(-c5ccccc5)cc4)cc3C(C)C)c12.[Ir]. The van der Waals surface area contributed by atoms with Crippen LogP contribution in [0.1, 0.15) is 107 Å². The number of hydrogen-bond acceptors (Lipinski definition) is 3. The molecule has 0 aliphatic carbocycles. The summed E-state index contributed by atoms with van der Waals surface area (Å²) in [5.74, 6) is 1.03. The van der Waals surface area contributed by atoms with Crippen molar-refractivity contribution >= 4 is 33.0 Å². The summed E-state index contributed by atoms with van der Waals surface area (Å²) in [5.41, 5.74) is 12.5. The van der Waals surface area contributed by atoms with E-state index in [1.807, 2.05) is 54.6 Å². The van der Waals surface area contributed by atoms with Crippen molar-refractivity contribution in [3.05, 3.63) is 197 Å². The fourth-order valence-electron chi connectivity index (χ4n) is 8.56. The number of aromatic nitrogens is 3. The molecule has 0 aliphatic rings. The van der Waals surface area contributed by atoms with Crippen LogP contribution in [0.2, 0.25) is 0 Å². The number of aryl methyl sites for hydroxylation is 3. The molecule has 0 saturated heterocycles. The molecule has 0 atom stereocenters. The van der Waals surface area contributed by atoms with E-state index in [0.29, 0.717) is 22.6 Å². The van der Waals surface area contributed by atoms with E-state index in [0.717, 1.165) is 55.3 Å². The number of fused-ring (bicyclic) bond motifs is 4. The maximum absolute atomic E-state index is 8.58. The summed E-state index contributed by atoms with van der Waals surface area (Å²) >= 11 is 0. The minimum Gasteiger partial charge on any atom is -0.501 e. The molecule has 339 valence electrons. The Bertz CT molecular complexity index is 3690. The molecule has 10 aromatic rings. The normalized spacial score (nSPS) is 14.5.